The number of piperidine rings is 1. The van der Waals surface area contributed by atoms with Gasteiger partial charge in [-0.3, -0.25) is 0 Å². The second-order valence-corrected chi connectivity index (χ2v) is 7.36. The highest BCUT2D eigenvalue weighted by Gasteiger charge is 2.41. The summed E-state index contributed by atoms with van der Waals surface area (Å²) in [5, 5.41) is 0. The van der Waals surface area contributed by atoms with Crippen molar-refractivity contribution in [3.63, 3.8) is 0 Å². The van der Waals surface area contributed by atoms with Crippen LogP contribution >= 0.6 is 0 Å². The summed E-state index contributed by atoms with van der Waals surface area (Å²) in [5.41, 5.74) is 1.87. The zero-order chi connectivity index (χ0) is 17.7. The molecule has 1 heterocycles. The molecule has 0 N–H and O–H groups in total. The van der Waals surface area contributed by atoms with Gasteiger partial charge >= 0.3 is 5.97 Å². The van der Waals surface area contributed by atoms with Crippen LogP contribution < -0.4 is 4.90 Å². The van der Waals surface area contributed by atoms with Gasteiger partial charge in [-0.15, -0.1) is 0 Å². The van der Waals surface area contributed by atoms with Crippen LogP contribution in [0.2, 0.25) is 0 Å². The molecule has 0 amide bonds. The van der Waals surface area contributed by atoms with Gasteiger partial charge in [-0.05, 0) is 62.8 Å². The van der Waals surface area contributed by atoms with E-state index in [-0.39, 0.29) is 11.6 Å². The smallest absolute Gasteiger partial charge is 0.338 e. The predicted molar refractivity (Wildman–Crippen MR) is 100 cm³/mol. The highest BCUT2D eigenvalue weighted by atomic mass is 16.5. The number of benzene rings is 1. The van der Waals surface area contributed by atoms with Crippen molar-refractivity contribution in [1.82, 2.24) is 0 Å². The largest absolute Gasteiger partial charge is 0.462 e. The summed E-state index contributed by atoms with van der Waals surface area (Å²) in [5.74, 6) is 0.475. The van der Waals surface area contributed by atoms with Crippen LogP contribution in [0, 0.1) is 5.92 Å². The molecular weight excluding hydrogens is 314 g/mol. The minimum Gasteiger partial charge on any atom is -0.462 e. The summed E-state index contributed by atoms with van der Waals surface area (Å²) in [6.07, 6.45) is 8.92. The molecule has 0 unspecified atom stereocenters. The van der Waals surface area contributed by atoms with Crippen LogP contribution in [0.15, 0.2) is 24.3 Å². The SMILES string of the molecule is CCOC(=O)c1ccc(N2CCC(OC)(C3CCCCC3)CC2)cc1. The zero-order valence-electron chi connectivity index (χ0n) is 15.6. The Kier molecular flexibility index (Phi) is 6.00. The summed E-state index contributed by atoms with van der Waals surface area (Å²) in [6.45, 7) is 4.27. The molecule has 2 aliphatic rings. The molecule has 4 heteroatoms. The molecule has 1 aliphatic carbocycles. The van der Waals surface area contributed by atoms with Gasteiger partial charge in [-0.1, -0.05) is 19.3 Å². The van der Waals surface area contributed by atoms with Gasteiger partial charge in [0.1, 0.15) is 0 Å². The van der Waals surface area contributed by atoms with E-state index in [4.69, 9.17) is 9.47 Å². The molecular formula is C21H31NO3. The van der Waals surface area contributed by atoms with Gasteiger partial charge in [0.05, 0.1) is 17.8 Å². The topological polar surface area (TPSA) is 38.8 Å². The van der Waals surface area contributed by atoms with Crippen LogP contribution in [0.4, 0.5) is 5.69 Å². The first-order chi connectivity index (χ1) is 12.2. The lowest BCUT2D eigenvalue weighted by molar-refractivity contribution is -0.0856. The van der Waals surface area contributed by atoms with Gasteiger partial charge < -0.3 is 14.4 Å². The lowest BCUT2D eigenvalue weighted by Crippen LogP contribution is -2.50. The molecule has 1 aliphatic heterocycles. The summed E-state index contributed by atoms with van der Waals surface area (Å²) >= 11 is 0. The molecule has 0 atom stereocenters. The van der Waals surface area contributed by atoms with Crippen LogP contribution in [0.3, 0.4) is 0 Å². The summed E-state index contributed by atoms with van der Waals surface area (Å²) in [7, 11) is 1.90. The quantitative estimate of drug-likeness (QED) is 0.740. The van der Waals surface area contributed by atoms with Gasteiger partial charge in [0.2, 0.25) is 0 Å². The van der Waals surface area contributed by atoms with Crippen molar-refractivity contribution in [2.24, 2.45) is 5.92 Å². The Labute approximate surface area is 151 Å². The Morgan fingerprint density at radius 2 is 1.76 bits per heavy atom. The van der Waals surface area contributed by atoms with Crippen molar-refractivity contribution in [1.29, 1.82) is 0 Å². The number of hydrogen-bond acceptors (Lipinski definition) is 4. The van der Waals surface area contributed by atoms with Crippen LogP contribution in [0.25, 0.3) is 0 Å². The van der Waals surface area contributed by atoms with Gasteiger partial charge in [0.25, 0.3) is 0 Å². The number of carbonyl (C=O) groups excluding carboxylic acids is 1. The lowest BCUT2D eigenvalue weighted by atomic mass is 9.72. The normalized spacial score (nSPS) is 21.1. The standard InChI is InChI=1S/C21H31NO3/c1-3-25-20(23)17-9-11-19(12-10-17)22-15-13-21(24-2,14-16-22)18-7-5-4-6-8-18/h9-12,18H,3-8,13-16H2,1-2H3. The fourth-order valence-corrected chi connectivity index (χ4v) is 4.57. The number of ether oxygens (including phenoxy) is 2. The van der Waals surface area contributed by atoms with Gasteiger partial charge in [0, 0.05) is 25.9 Å². The molecule has 25 heavy (non-hydrogen) atoms. The molecule has 1 aromatic carbocycles. The molecule has 2 fully saturated rings. The molecule has 1 saturated carbocycles. The first kappa shape index (κ1) is 18.2. The minimum absolute atomic E-state index is 0.0712. The zero-order valence-corrected chi connectivity index (χ0v) is 15.6. The fourth-order valence-electron chi connectivity index (χ4n) is 4.57. The van der Waals surface area contributed by atoms with E-state index in [2.05, 4.69) is 4.90 Å². The van der Waals surface area contributed by atoms with E-state index >= 15 is 0 Å². The van der Waals surface area contributed by atoms with E-state index in [1.165, 1.54) is 37.8 Å². The minimum atomic E-state index is -0.247. The van der Waals surface area contributed by atoms with Gasteiger partial charge in [-0.2, -0.15) is 0 Å². The van der Waals surface area contributed by atoms with E-state index in [0.717, 1.165) is 31.8 Å². The van der Waals surface area contributed by atoms with Gasteiger partial charge in [0.15, 0.2) is 0 Å². The number of methoxy groups -OCH3 is 1. The second-order valence-electron chi connectivity index (χ2n) is 7.36. The Morgan fingerprint density at radius 1 is 1.12 bits per heavy atom. The third kappa shape index (κ3) is 4.00. The van der Waals surface area contributed by atoms with E-state index in [1.807, 2.05) is 38.3 Å². The number of esters is 1. The maximum Gasteiger partial charge on any atom is 0.338 e. The molecule has 1 aromatic rings. The first-order valence-corrected chi connectivity index (χ1v) is 9.76. The number of hydrogen-bond donors (Lipinski definition) is 0. The van der Waals surface area contributed by atoms with E-state index < -0.39 is 0 Å². The number of anilines is 1. The molecule has 0 spiro atoms. The fraction of sp³-hybridized carbons (Fsp3) is 0.667. The third-order valence-electron chi connectivity index (χ3n) is 6.11. The van der Waals surface area contributed by atoms with Crippen molar-refractivity contribution >= 4 is 11.7 Å². The molecule has 138 valence electrons. The molecule has 1 saturated heterocycles. The van der Waals surface area contributed by atoms with Crippen molar-refractivity contribution < 1.29 is 14.3 Å². The lowest BCUT2D eigenvalue weighted by Gasteiger charge is -2.47. The average molecular weight is 345 g/mol. The highest BCUT2D eigenvalue weighted by Crippen LogP contribution is 2.42. The van der Waals surface area contributed by atoms with Crippen LogP contribution in [0.5, 0.6) is 0 Å². The second kappa shape index (κ2) is 8.22. The molecule has 3 rings (SSSR count). The maximum atomic E-state index is 11.8. The number of rotatable bonds is 5. The maximum absolute atomic E-state index is 11.8. The van der Waals surface area contributed by atoms with Crippen molar-refractivity contribution in [3.8, 4) is 0 Å². The molecule has 0 radical (unpaired) electrons. The first-order valence-electron chi connectivity index (χ1n) is 9.76. The Bertz CT molecular complexity index is 555. The summed E-state index contributed by atoms with van der Waals surface area (Å²) in [4.78, 5) is 14.2. The van der Waals surface area contributed by atoms with E-state index in [9.17, 15) is 4.79 Å². The van der Waals surface area contributed by atoms with Crippen molar-refractivity contribution in [3.05, 3.63) is 29.8 Å². The van der Waals surface area contributed by atoms with E-state index in [1.54, 1.807) is 0 Å². The third-order valence-corrected chi connectivity index (χ3v) is 6.11. The Hall–Kier alpha value is -1.55. The van der Waals surface area contributed by atoms with Crippen molar-refractivity contribution in [2.75, 3.05) is 31.7 Å². The van der Waals surface area contributed by atoms with Gasteiger partial charge in [-0.25, -0.2) is 4.79 Å². The highest BCUT2D eigenvalue weighted by molar-refractivity contribution is 5.89. The number of nitrogens with zero attached hydrogens (tertiary/aromatic N) is 1. The molecule has 4 nitrogen and oxygen atoms in total. The number of carbonyl (C=O) groups is 1. The Balaban J connectivity index is 1.62. The molecule has 0 aromatic heterocycles. The molecule has 0 bridgehead atoms. The summed E-state index contributed by atoms with van der Waals surface area (Å²) in [6, 6.07) is 7.80. The van der Waals surface area contributed by atoms with Crippen LogP contribution in [-0.4, -0.2) is 38.4 Å². The monoisotopic (exact) mass is 345 g/mol. The summed E-state index contributed by atoms with van der Waals surface area (Å²) < 4.78 is 11.1. The average Bonchev–Trinajstić information content (AvgIpc) is 2.69. The predicted octanol–water partition coefficient (Wildman–Crippen LogP) is 4.43. The Morgan fingerprint density at radius 3 is 2.32 bits per heavy atom. The van der Waals surface area contributed by atoms with Crippen LogP contribution in [0.1, 0.15) is 62.2 Å². The van der Waals surface area contributed by atoms with Crippen LogP contribution in [-0.2, 0) is 9.47 Å². The van der Waals surface area contributed by atoms with Crippen molar-refractivity contribution in [2.45, 2.75) is 57.5 Å². The van der Waals surface area contributed by atoms with E-state index in [0.29, 0.717) is 12.2 Å².